The van der Waals surface area contributed by atoms with E-state index >= 15 is 0 Å². The van der Waals surface area contributed by atoms with E-state index in [4.69, 9.17) is 5.73 Å². The second kappa shape index (κ2) is 26.7. The van der Waals surface area contributed by atoms with Gasteiger partial charge in [0.25, 0.3) is 0 Å². The summed E-state index contributed by atoms with van der Waals surface area (Å²) in [5.41, 5.74) is 5.11. The number of unbranched alkanes of at least 4 members (excludes halogenated alkanes) is 17. The molecule has 0 aromatic rings. The summed E-state index contributed by atoms with van der Waals surface area (Å²) in [7, 11) is 0. The van der Waals surface area contributed by atoms with Gasteiger partial charge in [-0.1, -0.05) is 136 Å². The molecule has 2 heteroatoms. The van der Waals surface area contributed by atoms with Gasteiger partial charge in [0, 0.05) is 6.42 Å². The Labute approximate surface area is 166 Å². The Balaban J connectivity index is 0. The summed E-state index contributed by atoms with van der Waals surface area (Å²) in [6.07, 6.45) is 26.4. The summed E-state index contributed by atoms with van der Waals surface area (Å²) in [6, 6.07) is 0. The van der Waals surface area contributed by atoms with Gasteiger partial charge in [-0.05, 0) is 6.42 Å². The average molecular weight is 370 g/mol. The molecule has 0 radical (unpaired) electrons. The van der Waals surface area contributed by atoms with Crippen LogP contribution < -0.4 is 5.73 Å². The molecule has 0 aliphatic rings. The third kappa shape index (κ3) is 31.3. The van der Waals surface area contributed by atoms with Crippen molar-refractivity contribution in [3.8, 4) is 0 Å². The van der Waals surface area contributed by atoms with Gasteiger partial charge in [0.2, 0.25) is 5.91 Å². The number of rotatable bonds is 19. The first-order chi connectivity index (χ1) is 12.7. The lowest BCUT2D eigenvalue weighted by Crippen LogP contribution is -2.09. The van der Waals surface area contributed by atoms with Crippen LogP contribution in [0.2, 0.25) is 0 Å². The lowest BCUT2D eigenvalue weighted by molar-refractivity contribution is -0.118. The third-order valence-electron chi connectivity index (χ3n) is 4.98. The zero-order valence-electron chi connectivity index (χ0n) is 18.6. The molecular weight excluding hydrogens is 318 g/mol. The van der Waals surface area contributed by atoms with Crippen LogP contribution in [0.3, 0.4) is 0 Å². The van der Waals surface area contributed by atoms with Crippen molar-refractivity contribution in [2.24, 2.45) is 5.73 Å². The molecule has 158 valence electrons. The van der Waals surface area contributed by atoms with Crippen molar-refractivity contribution in [3.63, 3.8) is 0 Å². The van der Waals surface area contributed by atoms with E-state index in [1.807, 2.05) is 0 Å². The Kier molecular flexibility index (Phi) is 28.4. The van der Waals surface area contributed by atoms with E-state index in [1.165, 1.54) is 116 Å². The molecule has 26 heavy (non-hydrogen) atoms. The molecule has 0 rings (SSSR count). The molecule has 0 atom stereocenters. The monoisotopic (exact) mass is 369 g/mol. The van der Waals surface area contributed by atoms with Crippen LogP contribution in [0.1, 0.15) is 149 Å². The Hall–Kier alpha value is -0.530. The van der Waals surface area contributed by atoms with Gasteiger partial charge in [0.1, 0.15) is 0 Å². The van der Waals surface area contributed by atoms with E-state index in [-0.39, 0.29) is 5.91 Å². The van der Waals surface area contributed by atoms with E-state index in [0.29, 0.717) is 6.42 Å². The number of primary amides is 1. The highest BCUT2D eigenvalue weighted by Gasteiger charge is 1.96. The van der Waals surface area contributed by atoms with E-state index in [9.17, 15) is 4.79 Å². The fraction of sp³-hybridized carbons (Fsp3) is 0.958. The third-order valence-corrected chi connectivity index (χ3v) is 4.98. The zero-order valence-corrected chi connectivity index (χ0v) is 18.6. The SMILES string of the molecule is CCCCCC.CCCCCCCCCCCCCCCCCC(N)=O. The fourth-order valence-corrected chi connectivity index (χ4v) is 3.17. The van der Waals surface area contributed by atoms with Crippen LogP contribution in [0.5, 0.6) is 0 Å². The van der Waals surface area contributed by atoms with Crippen LogP contribution in [0.15, 0.2) is 0 Å². The molecule has 0 heterocycles. The Bertz CT molecular complexity index is 249. The van der Waals surface area contributed by atoms with Gasteiger partial charge in [0.15, 0.2) is 0 Å². The van der Waals surface area contributed by atoms with Crippen LogP contribution in [0.25, 0.3) is 0 Å². The van der Waals surface area contributed by atoms with Crippen LogP contribution in [-0.2, 0) is 4.79 Å². The zero-order chi connectivity index (χ0) is 19.7. The number of amides is 1. The van der Waals surface area contributed by atoms with Crippen molar-refractivity contribution in [1.82, 2.24) is 0 Å². The average Bonchev–Trinajstić information content (AvgIpc) is 2.63. The molecule has 0 aromatic carbocycles. The van der Waals surface area contributed by atoms with E-state index in [0.717, 1.165) is 6.42 Å². The van der Waals surface area contributed by atoms with Crippen molar-refractivity contribution in [2.45, 2.75) is 149 Å². The molecule has 2 nitrogen and oxygen atoms in total. The maximum Gasteiger partial charge on any atom is 0.217 e. The molecule has 0 aliphatic heterocycles. The Morgan fingerprint density at radius 1 is 0.462 bits per heavy atom. The van der Waals surface area contributed by atoms with Gasteiger partial charge in [-0.3, -0.25) is 4.79 Å². The van der Waals surface area contributed by atoms with Gasteiger partial charge >= 0.3 is 0 Å². The van der Waals surface area contributed by atoms with Crippen LogP contribution in [-0.4, -0.2) is 5.91 Å². The summed E-state index contributed by atoms with van der Waals surface area (Å²) in [5, 5.41) is 0. The molecular formula is C24H51NO. The number of carbonyl (C=O) groups excluding carboxylic acids is 1. The molecule has 0 unspecified atom stereocenters. The van der Waals surface area contributed by atoms with Gasteiger partial charge in [-0.25, -0.2) is 0 Å². The Morgan fingerprint density at radius 2 is 0.692 bits per heavy atom. The van der Waals surface area contributed by atoms with Crippen molar-refractivity contribution in [3.05, 3.63) is 0 Å². The minimum atomic E-state index is -0.153. The normalized spacial score (nSPS) is 10.4. The first kappa shape index (κ1) is 27.7. The predicted molar refractivity (Wildman–Crippen MR) is 119 cm³/mol. The smallest absolute Gasteiger partial charge is 0.217 e. The summed E-state index contributed by atoms with van der Waals surface area (Å²) < 4.78 is 0. The molecule has 0 bridgehead atoms. The van der Waals surface area contributed by atoms with Crippen LogP contribution in [0, 0.1) is 0 Å². The van der Waals surface area contributed by atoms with Crippen molar-refractivity contribution < 1.29 is 4.79 Å². The minimum Gasteiger partial charge on any atom is -0.370 e. The highest BCUT2D eigenvalue weighted by molar-refractivity contribution is 5.73. The molecule has 1 amide bonds. The summed E-state index contributed by atoms with van der Waals surface area (Å²) in [6.45, 7) is 6.74. The first-order valence-electron chi connectivity index (χ1n) is 12.0. The fourth-order valence-electron chi connectivity index (χ4n) is 3.17. The van der Waals surface area contributed by atoms with E-state index in [2.05, 4.69) is 20.8 Å². The highest BCUT2D eigenvalue weighted by Crippen LogP contribution is 2.13. The van der Waals surface area contributed by atoms with E-state index < -0.39 is 0 Å². The second-order valence-electron chi connectivity index (χ2n) is 7.87. The number of nitrogens with two attached hydrogens (primary N) is 1. The summed E-state index contributed by atoms with van der Waals surface area (Å²) in [5.74, 6) is -0.153. The second-order valence-corrected chi connectivity index (χ2v) is 7.87. The molecule has 0 saturated heterocycles. The Morgan fingerprint density at radius 3 is 0.962 bits per heavy atom. The molecule has 0 aromatic heterocycles. The summed E-state index contributed by atoms with van der Waals surface area (Å²) >= 11 is 0. The lowest BCUT2D eigenvalue weighted by atomic mass is 10.0. The van der Waals surface area contributed by atoms with Crippen molar-refractivity contribution >= 4 is 5.91 Å². The maximum absolute atomic E-state index is 10.6. The minimum absolute atomic E-state index is 0.153. The van der Waals surface area contributed by atoms with Gasteiger partial charge in [0.05, 0.1) is 0 Å². The van der Waals surface area contributed by atoms with E-state index in [1.54, 1.807) is 0 Å². The standard InChI is InChI=1S/C18H37NO.C6H14/c1-2-3-4-5-6-7-8-9-10-11-12-13-14-15-16-17-18(19)20;1-3-5-6-4-2/h2-17H2,1H3,(H2,19,20);3-6H2,1-2H3. The molecule has 0 spiro atoms. The molecule has 0 saturated carbocycles. The summed E-state index contributed by atoms with van der Waals surface area (Å²) in [4.78, 5) is 10.6. The maximum atomic E-state index is 10.6. The van der Waals surface area contributed by atoms with Crippen molar-refractivity contribution in [2.75, 3.05) is 0 Å². The number of hydrogen-bond donors (Lipinski definition) is 1. The van der Waals surface area contributed by atoms with Crippen LogP contribution in [0.4, 0.5) is 0 Å². The highest BCUT2D eigenvalue weighted by atomic mass is 16.1. The molecule has 2 N–H and O–H groups in total. The number of hydrogen-bond acceptors (Lipinski definition) is 1. The lowest BCUT2D eigenvalue weighted by Gasteiger charge is -2.03. The van der Waals surface area contributed by atoms with Gasteiger partial charge in [-0.15, -0.1) is 0 Å². The predicted octanol–water partition coefficient (Wildman–Crippen LogP) is 8.32. The van der Waals surface area contributed by atoms with Gasteiger partial charge < -0.3 is 5.73 Å². The first-order valence-corrected chi connectivity index (χ1v) is 12.0. The number of carbonyl (C=O) groups is 1. The quantitative estimate of drug-likeness (QED) is 0.228. The largest absolute Gasteiger partial charge is 0.370 e. The van der Waals surface area contributed by atoms with Gasteiger partial charge in [-0.2, -0.15) is 0 Å². The topological polar surface area (TPSA) is 43.1 Å². The molecule has 0 fully saturated rings. The van der Waals surface area contributed by atoms with Crippen LogP contribution >= 0.6 is 0 Å². The van der Waals surface area contributed by atoms with Crippen molar-refractivity contribution in [1.29, 1.82) is 0 Å². The molecule has 0 aliphatic carbocycles.